The second kappa shape index (κ2) is 9.01. The van der Waals surface area contributed by atoms with Crippen molar-refractivity contribution >= 4 is 5.97 Å². The molecule has 0 aromatic heterocycles. The molecule has 0 spiro atoms. The maximum absolute atomic E-state index is 11.2. The molecule has 4 heteroatoms. The summed E-state index contributed by atoms with van der Waals surface area (Å²) in [6, 6.07) is 7.67. The molecule has 0 saturated heterocycles. The van der Waals surface area contributed by atoms with E-state index in [2.05, 4.69) is 11.2 Å². The molecular weight excluding hydrogens is 242 g/mol. The topological polar surface area (TPSA) is 47.6 Å². The van der Waals surface area contributed by atoms with Crippen LogP contribution in [0.15, 0.2) is 24.3 Å². The van der Waals surface area contributed by atoms with Gasteiger partial charge >= 0.3 is 5.97 Å². The van der Waals surface area contributed by atoms with Gasteiger partial charge in [0, 0.05) is 18.7 Å². The Morgan fingerprint density at radius 1 is 1.42 bits per heavy atom. The van der Waals surface area contributed by atoms with Crippen LogP contribution in [0.3, 0.4) is 0 Å². The van der Waals surface area contributed by atoms with Crippen molar-refractivity contribution in [2.24, 2.45) is 0 Å². The van der Waals surface area contributed by atoms with E-state index in [9.17, 15) is 4.79 Å². The fraction of sp³-hybridized carbons (Fsp3) is 0.400. The number of carbonyl (C=O) groups is 1. The van der Waals surface area contributed by atoms with Gasteiger partial charge in [-0.1, -0.05) is 24.1 Å². The second-order valence-electron chi connectivity index (χ2n) is 3.83. The molecule has 0 fully saturated rings. The molecule has 0 atom stereocenters. The summed E-state index contributed by atoms with van der Waals surface area (Å²) in [5.74, 6) is 3.02. The molecule has 0 bridgehead atoms. The van der Waals surface area contributed by atoms with E-state index in [4.69, 9.17) is 15.9 Å². The van der Waals surface area contributed by atoms with Gasteiger partial charge < -0.3 is 14.8 Å². The highest BCUT2D eigenvalue weighted by molar-refractivity contribution is 5.69. The summed E-state index contributed by atoms with van der Waals surface area (Å²) in [6.45, 7) is 3.66. The number of para-hydroxylation sites is 1. The number of benzene rings is 1. The molecular formula is C15H19NO3. The number of esters is 1. The van der Waals surface area contributed by atoms with Gasteiger partial charge in [0.1, 0.15) is 12.4 Å². The van der Waals surface area contributed by atoms with Crippen LogP contribution >= 0.6 is 0 Å². The van der Waals surface area contributed by atoms with E-state index in [0.717, 1.165) is 11.3 Å². The molecule has 1 rings (SSSR count). The quantitative estimate of drug-likeness (QED) is 0.440. The lowest BCUT2D eigenvalue weighted by atomic mass is 10.2. The third-order valence-electron chi connectivity index (χ3n) is 2.41. The summed E-state index contributed by atoms with van der Waals surface area (Å²) < 4.78 is 10.3. The number of ether oxygens (including phenoxy) is 2. The van der Waals surface area contributed by atoms with Crippen molar-refractivity contribution in [2.45, 2.75) is 19.9 Å². The molecule has 4 nitrogen and oxygen atoms in total. The molecule has 102 valence electrons. The Kier molecular flexibility index (Phi) is 7.14. The highest BCUT2D eigenvalue weighted by Crippen LogP contribution is 2.17. The van der Waals surface area contributed by atoms with Crippen LogP contribution in [-0.2, 0) is 16.1 Å². The van der Waals surface area contributed by atoms with Gasteiger partial charge in [0.2, 0.25) is 0 Å². The molecule has 0 aliphatic carbocycles. The first-order chi connectivity index (χ1) is 9.27. The Balaban J connectivity index is 2.36. The predicted molar refractivity (Wildman–Crippen MR) is 73.7 cm³/mol. The lowest BCUT2D eigenvalue weighted by molar-refractivity contribution is -0.142. The SMILES string of the molecule is C#CCOc1ccccc1CNCCC(=O)OCC. The van der Waals surface area contributed by atoms with Crippen LogP contribution in [0.1, 0.15) is 18.9 Å². The van der Waals surface area contributed by atoms with Crippen molar-refractivity contribution in [3.8, 4) is 18.1 Å². The number of terminal acetylenes is 1. The first-order valence-electron chi connectivity index (χ1n) is 6.28. The van der Waals surface area contributed by atoms with Gasteiger partial charge in [-0.3, -0.25) is 4.79 Å². The van der Waals surface area contributed by atoms with Gasteiger partial charge in [0.25, 0.3) is 0 Å². The maximum Gasteiger partial charge on any atom is 0.307 e. The van der Waals surface area contributed by atoms with Crippen LogP contribution in [0.4, 0.5) is 0 Å². The second-order valence-corrected chi connectivity index (χ2v) is 3.83. The zero-order valence-corrected chi connectivity index (χ0v) is 11.1. The number of nitrogens with one attached hydrogen (secondary N) is 1. The van der Waals surface area contributed by atoms with Crippen LogP contribution in [0.2, 0.25) is 0 Å². The summed E-state index contributed by atoms with van der Waals surface area (Å²) in [6.07, 6.45) is 5.53. The summed E-state index contributed by atoms with van der Waals surface area (Å²) in [5, 5.41) is 3.18. The Hall–Kier alpha value is -1.99. The van der Waals surface area contributed by atoms with Crippen LogP contribution in [-0.4, -0.2) is 25.7 Å². The van der Waals surface area contributed by atoms with Gasteiger partial charge in [-0.2, -0.15) is 0 Å². The monoisotopic (exact) mass is 261 g/mol. The molecule has 0 aliphatic heterocycles. The van der Waals surface area contributed by atoms with Gasteiger partial charge in [-0.25, -0.2) is 0 Å². The van der Waals surface area contributed by atoms with E-state index in [1.807, 2.05) is 24.3 Å². The molecule has 0 saturated carbocycles. The van der Waals surface area contributed by atoms with E-state index < -0.39 is 0 Å². The molecule has 19 heavy (non-hydrogen) atoms. The maximum atomic E-state index is 11.2. The van der Waals surface area contributed by atoms with Crippen molar-refractivity contribution in [1.29, 1.82) is 0 Å². The highest BCUT2D eigenvalue weighted by Gasteiger charge is 2.04. The summed E-state index contributed by atoms with van der Waals surface area (Å²) in [5.41, 5.74) is 1.02. The lowest BCUT2D eigenvalue weighted by Crippen LogP contribution is -2.19. The van der Waals surface area contributed by atoms with E-state index in [-0.39, 0.29) is 12.6 Å². The molecule has 0 radical (unpaired) electrons. The van der Waals surface area contributed by atoms with E-state index in [1.165, 1.54) is 0 Å². The molecule has 0 aliphatic rings. The van der Waals surface area contributed by atoms with Crippen molar-refractivity contribution < 1.29 is 14.3 Å². The van der Waals surface area contributed by atoms with Crippen LogP contribution in [0.25, 0.3) is 0 Å². The Morgan fingerprint density at radius 2 is 2.21 bits per heavy atom. The summed E-state index contributed by atoms with van der Waals surface area (Å²) >= 11 is 0. The molecule has 1 aromatic rings. The molecule has 1 aromatic carbocycles. The van der Waals surface area contributed by atoms with Crippen LogP contribution < -0.4 is 10.1 Å². The summed E-state index contributed by atoms with van der Waals surface area (Å²) in [7, 11) is 0. The smallest absolute Gasteiger partial charge is 0.307 e. The lowest BCUT2D eigenvalue weighted by Gasteiger charge is -2.10. The number of hydrogen-bond donors (Lipinski definition) is 1. The number of carbonyl (C=O) groups excluding carboxylic acids is 1. The van der Waals surface area contributed by atoms with Crippen molar-refractivity contribution in [3.05, 3.63) is 29.8 Å². The number of rotatable bonds is 8. The largest absolute Gasteiger partial charge is 0.481 e. The molecule has 0 unspecified atom stereocenters. The Morgan fingerprint density at radius 3 is 2.95 bits per heavy atom. The molecule has 1 N–H and O–H groups in total. The normalized spacial score (nSPS) is 9.68. The van der Waals surface area contributed by atoms with Gasteiger partial charge in [0.05, 0.1) is 13.0 Å². The van der Waals surface area contributed by atoms with Crippen molar-refractivity contribution in [2.75, 3.05) is 19.8 Å². The molecule has 0 amide bonds. The average Bonchev–Trinajstić information content (AvgIpc) is 2.42. The van der Waals surface area contributed by atoms with Gasteiger partial charge in [-0.15, -0.1) is 6.42 Å². The van der Waals surface area contributed by atoms with E-state index in [1.54, 1.807) is 6.92 Å². The highest BCUT2D eigenvalue weighted by atomic mass is 16.5. The fourth-order valence-corrected chi connectivity index (χ4v) is 1.56. The standard InChI is InChI=1S/C15H19NO3/c1-3-11-19-14-8-6-5-7-13(14)12-16-10-9-15(17)18-4-2/h1,5-8,16H,4,9-12H2,2H3. The van der Waals surface area contributed by atoms with Crippen LogP contribution in [0, 0.1) is 12.3 Å². The fourth-order valence-electron chi connectivity index (χ4n) is 1.56. The Bertz CT molecular complexity index is 437. The van der Waals surface area contributed by atoms with Crippen LogP contribution in [0.5, 0.6) is 5.75 Å². The third-order valence-corrected chi connectivity index (χ3v) is 2.41. The minimum Gasteiger partial charge on any atom is -0.481 e. The third kappa shape index (κ3) is 5.94. The number of hydrogen-bond acceptors (Lipinski definition) is 4. The van der Waals surface area contributed by atoms with Crippen molar-refractivity contribution in [3.63, 3.8) is 0 Å². The first kappa shape index (κ1) is 15.1. The zero-order chi connectivity index (χ0) is 13.9. The van der Waals surface area contributed by atoms with Gasteiger partial charge in [0.15, 0.2) is 0 Å². The van der Waals surface area contributed by atoms with Crippen molar-refractivity contribution in [1.82, 2.24) is 5.32 Å². The van der Waals surface area contributed by atoms with E-state index >= 15 is 0 Å². The summed E-state index contributed by atoms with van der Waals surface area (Å²) in [4.78, 5) is 11.2. The predicted octanol–water partition coefficient (Wildman–Crippen LogP) is 1.74. The van der Waals surface area contributed by atoms with Gasteiger partial charge in [-0.05, 0) is 13.0 Å². The first-order valence-corrected chi connectivity index (χ1v) is 6.28. The average molecular weight is 261 g/mol. The van der Waals surface area contributed by atoms with E-state index in [0.29, 0.717) is 26.1 Å². The minimum absolute atomic E-state index is 0.188. The zero-order valence-electron chi connectivity index (χ0n) is 11.1. The molecule has 0 heterocycles. The minimum atomic E-state index is -0.188. The Labute approximate surface area is 114 Å².